The molecule has 1 atom stereocenters. The lowest BCUT2D eigenvalue weighted by Gasteiger charge is -2.30. The van der Waals surface area contributed by atoms with Gasteiger partial charge in [-0.3, -0.25) is 0 Å². The third kappa shape index (κ3) is 4.16. The standard InChI is InChI=1S/C17H17N5O2S/c1-13-3-2-8-22(12-13)25(23,24)16-6-4-15(5-7-16)21-17(11-20)14(9-18)10-19/h4-7,13,21H,2-3,8,12H2,1H3. The normalized spacial score (nSPS) is 17.6. The average molecular weight is 355 g/mol. The Labute approximate surface area is 147 Å². The van der Waals surface area contributed by atoms with Crippen molar-refractivity contribution in [1.29, 1.82) is 15.8 Å². The van der Waals surface area contributed by atoms with E-state index in [1.54, 1.807) is 18.2 Å². The van der Waals surface area contributed by atoms with Crippen molar-refractivity contribution < 1.29 is 8.42 Å². The van der Waals surface area contributed by atoms with E-state index in [1.165, 1.54) is 28.6 Å². The van der Waals surface area contributed by atoms with Crippen molar-refractivity contribution in [3.8, 4) is 18.2 Å². The van der Waals surface area contributed by atoms with E-state index >= 15 is 0 Å². The maximum atomic E-state index is 12.7. The molecule has 1 aliphatic heterocycles. The molecule has 1 N–H and O–H groups in total. The van der Waals surface area contributed by atoms with Gasteiger partial charge in [0.05, 0.1) is 4.90 Å². The Morgan fingerprint density at radius 1 is 1.16 bits per heavy atom. The molecule has 1 fully saturated rings. The SMILES string of the molecule is CC1CCCN(S(=O)(=O)c2ccc(NC(C#N)=C(C#N)C#N)cc2)C1. The maximum absolute atomic E-state index is 12.7. The minimum atomic E-state index is -3.55. The van der Waals surface area contributed by atoms with Gasteiger partial charge in [-0.2, -0.15) is 20.1 Å². The summed E-state index contributed by atoms with van der Waals surface area (Å²) in [7, 11) is -3.55. The minimum absolute atomic E-state index is 0.175. The number of hydrogen-bond acceptors (Lipinski definition) is 6. The predicted octanol–water partition coefficient (Wildman–Crippen LogP) is 2.34. The van der Waals surface area contributed by atoms with Crippen molar-refractivity contribution in [2.24, 2.45) is 5.92 Å². The predicted molar refractivity (Wildman–Crippen MR) is 91.1 cm³/mol. The fourth-order valence-corrected chi connectivity index (χ4v) is 4.25. The molecule has 0 aromatic heterocycles. The lowest BCUT2D eigenvalue weighted by Crippen LogP contribution is -2.39. The monoisotopic (exact) mass is 355 g/mol. The Bertz CT molecular complexity index is 882. The van der Waals surface area contributed by atoms with Crippen LogP contribution in [0.4, 0.5) is 5.69 Å². The number of piperidine rings is 1. The molecule has 0 bridgehead atoms. The summed E-state index contributed by atoms with van der Waals surface area (Å²) < 4.78 is 26.9. The summed E-state index contributed by atoms with van der Waals surface area (Å²) in [5.41, 5.74) is -0.0857. The molecule has 25 heavy (non-hydrogen) atoms. The Balaban J connectivity index is 2.23. The van der Waals surface area contributed by atoms with Crippen LogP contribution in [0.3, 0.4) is 0 Å². The van der Waals surface area contributed by atoms with E-state index in [0.29, 0.717) is 24.7 Å². The Morgan fingerprint density at radius 2 is 1.80 bits per heavy atom. The van der Waals surface area contributed by atoms with Gasteiger partial charge in [0.15, 0.2) is 5.57 Å². The Morgan fingerprint density at radius 3 is 2.32 bits per heavy atom. The first kappa shape index (κ1) is 18.5. The molecule has 1 unspecified atom stereocenters. The first-order valence-electron chi connectivity index (χ1n) is 7.74. The molecule has 1 saturated heterocycles. The number of hydrogen-bond donors (Lipinski definition) is 1. The van der Waals surface area contributed by atoms with Gasteiger partial charge in [-0.05, 0) is 43.0 Å². The molecule has 2 rings (SSSR count). The molecule has 0 spiro atoms. The zero-order valence-electron chi connectivity index (χ0n) is 13.7. The number of anilines is 1. The molecule has 0 aliphatic carbocycles. The van der Waals surface area contributed by atoms with Gasteiger partial charge in [0.25, 0.3) is 0 Å². The summed E-state index contributed by atoms with van der Waals surface area (Å²) in [6.07, 6.45) is 1.87. The summed E-state index contributed by atoms with van der Waals surface area (Å²) in [5.74, 6) is 0.336. The first-order chi connectivity index (χ1) is 11.9. The van der Waals surface area contributed by atoms with Crippen molar-refractivity contribution in [3.05, 3.63) is 35.5 Å². The molecule has 0 radical (unpaired) electrons. The summed E-state index contributed by atoms with van der Waals surface area (Å²) in [6.45, 7) is 3.06. The van der Waals surface area contributed by atoms with E-state index in [9.17, 15) is 8.42 Å². The second-order valence-electron chi connectivity index (χ2n) is 5.85. The number of sulfonamides is 1. The topological polar surface area (TPSA) is 121 Å². The largest absolute Gasteiger partial charge is 0.345 e. The van der Waals surface area contributed by atoms with Crippen LogP contribution >= 0.6 is 0 Å². The van der Waals surface area contributed by atoms with Crippen molar-refractivity contribution in [1.82, 2.24) is 4.31 Å². The van der Waals surface area contributed by atoms with Crippen LogP contribution in [0.1, 0.15) is 19.8 Å². The van der Waals surface area contributed by atoms with E-state index in [2.05, 4.69) is 5.32 Å². The second-order valence-corrected chi connectivity index (χ2v) is 7.78. The molecule has 8 heteroatoms. The number of benzene rings is 1. The van der Waals surface area contributed by atoms with E-state index in [1.807, 2.05) is 6.92 Å². The number of allylic oxidation sites excluding steroid dienone is 2. The average Bonchev–Trinajstić information content (AvgIpc) is 2.62. The molecule has 0 saturated carbocycles. The second kappa shape index (κ2) is 7.81. The molecule has 1 aromatic carbocycles. The van der Waals surface area contributed by atoms with Crippen LogP contribution in [0, 0.1) is 39.9 Å². The van der Waals surface area contributed by atoms with E-state index in [0.717, 1.165) is 12.8 Å². The summed E-state index contributed by atoms with van der Waals surface area (Å²) in [6, 6.07) is 10.9. The van der Waals surface area contributed by atoms with Gasteiger partial charge in [0.2, 0.25) is 10.0 Å². The summed E-state index contributed by atoms with van der Waals surface area (Å²) >= 11 is 0. The third-order valence-corrected chi connectivity index (χ3v) is 5.85. The molecular weight excluding hydrogens is 338 g/mol. The van der Waals surface area contributed by atoms with Gasteiger partial charge in [0, 0.05) is 18.8 Å². The highest BCUT2D eigenvalue weighted by atomic mass is 32.2. The number of rotatable bonds is 4. The highest BCUT2D eigenvalue weighted by molar-refractivity contribution is 7.89. The summed E-state index contributed by atoms with van der Waals surface area (Å²) in [4.78, 5) is 0.176. The summed E-state index contributed by atoms with van der Waals surface area (Å²) in [5, 5.41) is 29.3. The van der Waals surface area contributed by atoms with E-state index in [4.69, 9.17) is 15.8 Å². The first-order valence-corrected chi connectivity index (χ1v) is 9.18. The fraction of sp³-hybridized carbons (Fsp3) is 0.353. The molecule has 1 aromatic rings. The smallest absolute Gasteiger partial charge is 0.243 e. The molecule has 1 heterocycles. The van der Waals surface area contributed by atoms with Gasteiger partial charge in [-0.15, -0.1) is 0 Å². The number of nitrogens with zero attached hydrogens (tertiary/aromatic N) is 4. The van der Waals surface area contributed by atoms with Crippen LogP contribution in [0.2, 0.25) is 0 Å². The van der Waals surface area contributed by atoms with Crippen LogP contribution in [-0.4, -0.2) is 25.8 Å². The van der Waals surface area contributed by atoms with Crippen LogP contribution < -0.4 is 5.32 Å². The van der Waals surface area contributed by atoms with Gasteiger partial charge in [-0.25, -0.2) is 8.42 Å². The Hall–Kier alpha value is -2.86. The molecule has 0 amide bonds. The minimum Gasteiger partial charge on any atom is -0.345 e. The van der Waals surface area contributed by atoms with Gasteiger partial charge in [0.1, 0.15) is 23.9 Å². The van der Waals surface area contributed by atoms with Crippen LogP contribution in [0.25, 0.3) is 0 Å². The van der Waals surface area contributed by atoms with Crippen molar-refractivity contribution in [2.45, 2.75) is 24.7 Å². The lowest BCUT2D eigenvalue weighted by molar-refractivity contribution is 0.281. The van der Waals surface area contributed by atoms with E-state index < -0.39 is 10.0 Å². The highest BCUT2D eigenvalue weighted by Crippen LogP contribution is 2.24. The zero-order chi connectivity index (χ0) is 18.4. The lowest BCUT2D eigenvalue weighted by atomic mass is 10.0. The molecular formula is C17H17N5O2S. The van der Waals surface area contributed by atoms with Gasteiger partial charge < -0.3 is 5.32 Å². The van der Waals surface area contributed by atoms with Crippen molar-refractivity contribution >= 4 is 15.7 Å². The maximum Gasteiger partial charge on any atom is 0.243 e. The number of nitrogens with one attached hydrogen (secondary N) is 1. The van der Waals surface area contributed by atoms with Gasteiger partial charge >= 0.3 is 0 Å². The zero-order valence-corrected chi connectivity index (χ0v) is 14.5. The molecule has 7 nitrogen and oxygen atoms in total. The van der Waals surface area contributed by atoms with Crippen LogP contribution in [0.15, 0.2) is 40.4 Å². The quantitative estimate of drug-likeness (QED) is 0.828. The fourth-order valence-electron chi connectivity index (χ4n) is 2.65. The van der Waals surface area contributed by atoms with Crippen molar-refractivity contribution in [2.75, 3.05) is 18.4 Å². The highest BCUT2D eigenvalue weighted by Gasteiger charge is 2.28. The molecule has 1 aliphatic rings. The number of nitriles is 3. The third-order valence-electron chi connectivity index (χ3n) is 3.97. The Kier molecular flexibility index (Phi) is 5.77. The van der Waals surface area contributed by atoms with Crippen molar-refractivity contribution in [3.63, 3.8) is 0 Å². The molecule has 128 valence electrons. The van der Waals surface area contributed by atoms with Crippen LogP contribution in [0.5, 0.6) is 0 Å². The van der Waals surface area contributed by atoms with Gasteiger partial charge in [-0.1, -0.05) is 6.92 Å². The van der Waals surface area contributed by atoms with E-state index in [-0.39, 0.29) is 16.2 Å². The van der Waals surface area contributed by atoms with Crippen LogP contribution in [-0.2, 0) is 10.0 Å².